The first-order chi connectivity index (χ1) is 13.3. The number of halogens is 2. The van der Waals surface area contributed by atoms with Crippen molar-refractivity contribution >= 4 is 17.3 Å². The van der Waals surface area contributed by atoms with Crippen LogP contribution in [0.4, 0.5) is 20.2 Å². The third kappa shape index (κ3) is 6.82. The number of nitro groups is 1. The van der Waals surface area contributed by atoms with Crippen molar-refractivity contribution in [2.24, 2.45) is 0 Å². The van der Waals surface area contributed by atoms with Gasteiger partial charge in [-0.15, -0.1) is 0 Å². The standard InChI is InChI=1S/C19H21F2N3O4/c1-13(14-4-2-5-17(12-14)28-19(20)21)23-18(25)6-3-11-22-15-7-9-16(10-8-15)24(26)27/h2,4-5,7-10,12-13,19,22H,3,6,11H2,1H3,(H,23,25). The van der Waals surface area contributed by atoms with E-state index in [9.17, 15) is 23.7 Å². The summed E-state index contributed by atoms with van der Waals surface area (Å²) in [4.78, 5) is 22.2. The van der Waals surface area contributed by atoms with Gasteiger partial charge in [-0.25, -0.2) is 0 Å². The van der Waals surface area contributed by atoms with E-state index < -0.39 is 11.5 Å². The molecule has 7 nitrogen and oxygen atoms in total. The van der Waals surface area contributed by atoms with E-state index in [1.807, 2.05) is 0 Å². The van der Waals surface area contributed by atoms with Crippen LogP contribution < -0.4 is 15.4 Å². The Hall–Kier alpha value is -3.23. The molecule has 0 aliphatic heterocycles. The van der Waals surface area contributed by atoms with E-state index in [1.165, 1.54) is 24.3 Å². The highest BCUT2D eigenvalue weighted by atomic mass is 19.3. The van der Waals surface area contributed by atoms with Gasteiger partial charge in [0, 0.05) is 30.8 Å². The number of hydrogen-bond acceptors (Lipinski definition) is 5. The molecule has 150 valence electrons. The number of ether oxygens (including phenoxy) is 1. The van der Waals surface area contributed by atoms with Crippen LogP contribution in [-0.2, 0) is 4.79 Å². The first-order valence-corrected chi connectivity index (χ1v) is 8.67. The number of anilines is 1. The first kappa shape index (κ1) is 21.1. The van der Waals surface area contributed by atoms with E-state index >= 15 is 0 Å². The highest BCUT2D eigenvalue weighted by Gasteiger charge is 2.12. The average molecular weight is 393 g/mol. The molecule has 0 bridgehead atoms. The molecule has 28 heavy (non-hydrogen) atoms. The second kappa shape index (κ2) is 10.2. The molecule has 9 heteroatoms. The largest absolute Gasteiger partial charge is 0.435 e. The SMILES string of the molecule is CC(NC(=O)CCCNc1ccc([N+](=O)[O-])cc1)c1cccc(OC(F)F)c1. The molecular formula is C19H21F2N3O4. The number of alkyl halides is 2. The second-order valence-corrected chi connectivity index (χ2v) is 6.07. The van der Waals surface area contributed by atoms with E-state index in [2.05, 4.69) is 15.4 Å². The second-order valence-electron chi connectivity index (χ2n) is 6.07. The van der Waals surface area contributed by atoms with Gasteiger partial charge in [0.1, 0.15) is 5.75 Å². The maximum atomic E-state index is 12.3. The van der Waals surface area contributed by atoms with Gasteiger partial charge in [0.05, 0.1) is 11.0 Å². The lowest BCUT2D eigenvalue weighted by molar-refractivity contribution is -0.384. The van der Waals surface area contributed by atoms with Gasteiger partial charge in [0.2, 0.25) is 5.91 Å². The lowest BCUT2D eigenvalue weighted by Gasteiger charge is -2.15. The Morgan fingerprint density at radius 1 is 1.21 bits per heavy atom. The van der Waals surface area contributed by atoms with Crippen molar-refractivity contribution in [3.05, 3.63) is 64.2 Å². The zero-order valence-electron chi connectivity index (χ0n) is 15.2. The van der Waals surface area contributed by atoms with E-state index in [1.54, 1.807) is 31.2 Å². The molecule has 0 heterocycles. The molecule has 0 aliphatic rings. The molecule has 0 aliphatic carbocycles. The van der Waals surface area contributed by atoms with Crippen LogP contribution in [0.25, 0.3) is 0 Å². The highest BCUT2D eigenvalue weighted by molar-refractivity contribution is 5.76. The zero-order chi connectivity index (χ0) is 20.5. The van der Waals surface area contributed by atoms with Crippen LogP contribution in [0.5, 0.6) is 5.75 Å². The number of carbonyl (C=O) groups excluding carboxylic acids is 1. The van der Waals surface area contributed by atoms with E-state index in [4.69, 9.17) is 0 Å². The van der Waals surface area contributed by atoms with Crippen LogP contribution >= 0.6 is 0 Å². The van der Waals surface area contributed by atoms with Gasteiger partial charge in [-0.1, -0.05) is 12.1 Å². The van der Waals surface area contributed by atoms with Gasteiger partial charge in [-0.2, -0.15) is 8.78 Å². The maximum absolute atomic E-state index is 12.3. The van der Waals surface area contributed by atoms with Crippen molar-refractivity contribution in [2.75, 3.05) is 11.9 Å². The molecule has 0 saturated carbocycles. The van der Waals surface area contributed by atoms with Gasteiger partial charge in [0.25, 0.3) is 5.69 Å². The van der Waals surface area contributed by atoms with Crippen LogP contribution in [0.2, 0.25) is 0 Å². The number of carbonyl (C=O) groups is 1. The van der Waals surface area contributed by atoms with Crippen LogP contribution in [0.3, 0.4) is 0 Å². The summed E-state index contributed by atoms with van der Waals surface area (Å²) in [6.07, 6.45) is 0.835. The van der Waals surface area contributed by atoms with Crippen molar-refractivity contribution in [1.29, 1.82) is 0 Å². The molecule has 2 aromatic rings. The van der Waals surface area contributed by atoms with Crippen molar-refractivity contribution in [3.8, 4) is 5.75 Å². The zero-order valence-corrected chi connectivity index (χ0v) is 15.2. The van der Waals surface area contributed by atoms with E-state index in [0.29, 0.717) is 18.5 Å². The molecule has 0 spiro atoms. The fraction of sp³-hybridized carbons (Fsp3) is 0.316. The van der Waals surface area contributed by atoms with Crippen molar-refractivity contribution in [2.45, 2.75) is 32.4 Å². The van der Waals surface area contributed by atoms with Crippen molar-refractivity contribution in [3.63, 3.8) is 0 Å². The molecule has 0 fully saturated rings. The predicted molar refractivity (Wildman–Crippen MR) is 100 cm³/mol. The third-order valence-corrected chi connectivity index (χ3v) is 3.95. The number of hydrogen-bond donors (Lipinski definition) is 2. The number of rotatable bonds is 10. The van der Waals surface area contributed by atoms with Gasteiger partial charge in [-0.05, 0) is 43.2 Å². The van der Waals surface area contributed by atoms with Gasteiger partial charge in [-0.3, -0.25) is 14.9 Å². The van der Waals surface area contributed by atoms with Gasteiger partial charge >= 0.3 is 6.61 Å². The first-order valence-electron chi connectivity index (χ1n) is 8.67. The minimum absolute atomic E-state index is 0.0157. The summed E-state index contributed by atoms with van der Waals surface area (Å²) in [6.45, 7) is -0.616. The Morgan fingerprint density at radius 3 is 2.57 bits per heavy atom. The quantitative estimate of drug-likeness (QED) is 0.357. The molecule has 2 N–H and O–H groups in total. The summed E-state index contributed by atoms with van der Waals surface area (Å²) >= 11 is 0. The molecule has 1 amide bonds. The monoisotopic (exact) mass is 393 g/mol. The number of nitro benzene ring substituents is 1. The Morgan fingerprint density at radius 2 is 1.93 bits per heavy atom. The summed E-state index contributed by atoms with van der Waals surface area (Å²) in [6, 6.07) is 11.9. The van der Waals surface area contributed by atoms with Crippen molar-refractivity contribution in [1.82, 2.24) is 5.32 Å². The molecule has 0 radical (unpaired) electrons. The maximum Gasteiger partial charge on any atom is 0.387 e. The molecule has 0 saturated heterocycles. The minimum atomic E-state index is -2.90. The Kier molecular flexibility index (Phi) is 7.67. The number of nitrogens with one attached hydrogen (secondary N) is 2. The highest BCUT2D eigenvalue weighted by Crippen LogP contribution is 2.21. The lowest BCUT2D eigenvalue weighted by Crippen LogP contribution is -2.26. The fourth-order valence-corrected chi connectivity index (χ4v) is 2.54. The topological polar surface area (TPSA) is 93.5 Å². The fourth-order valence-electron chi connectivity index (χ4n) is 2.54. The number of amides is 1. The lowest BCUT2D eigenvalue weighted by atomic mass is 10.1. The summed E-state index contributed by atoms with van der Waals surface area (Å²) in [5, 5.41) is 16.5. The Bertz CT molecular complexity index is 800. The normalized spacial score (nSPS) is 11.7. The van der Waals surface area contributed by atoms with Crippen molar-refractivity contribution < 1.29 is 23.2 Å². The summed E-state index contributed by atoms with van der Waals surface area (Å²) in [5.41, 5.74) is 1.41. The summed E-state index contributed by atoms with van der Waals surface area (Å²) in [7, 11) is 0. The van der Waals surface area contributed by atoms with E-state index in [0.717, 1.165) is 5.69 Å². The summed E-state index contributed by atoms with van der Waals surface area (Å²) in [5.74, 6) is -0.126. The van der Waals surface area contributed by atoms with Crippen LogP contribution in [0.15, 0.2) is 48.5 Å². The van der Waals surface area contributed by atoms with Gasteiger partial charge < -0.3 is 15.4 Å². The van der Waals surface area contributed by atoms with Crippen LogP contribution in [0, 0.1) is 10.1 Å². The number of non-ortho nitro benzene ring substituents is 1. The molecular weight excluding hydrogens is 372 g/mol. The van der Waals surface area contributed by atoms with Crippen LogP contribution in [0.1, 0.15) is 31.4 Å². The number of nitrogens with zero attached hydrogens (tertiary/aromatic N) is 1. The molecule has 2 rings (SSSR count). The Balaban J connectivity index is 1.74. The molecule has 2 aromatic carbocycles. The number of benzene rings is 2. The van der Waals surface area contributed by atoms with Gasteiger partial charge in [0.15, 0.2) is 0 Å². The third-order valence-electron chi connectivity index (χ3n) is 3.95. The molecule has 1 unspecified atom stereocenters. The van der Waals surface area contributed by atoms with E-state index in [-0.39, 0.29) is 29.8 Å². The Labute approximate surface area is 160 Å². The smallest absolute Gasteiger partial charge is 0.387 e. The predicted octanol–water partition coefficient (Wildman–Crippen LogP) is 4.27. The minimum Gasteiger partial charge on any atom is -0.435 e. The average Bonchev–Trinajstić information content (AvgIpc) is 2.65. The van der Waals surface area contributed by atoms with Crippen LogP contribution in [-0.4, -0.2) is 24.0 Å². The molecule has 0 aromatic heterocycles. The molecule has 1 atom stereocenters. The summed E-state index contributed by atoms with van der Waals surface area (Å²) < 4.78 is 28.9.